The Balaban J connectivity index is 1.78. The van der Waals surface area contributed by atoms with E-state index in [1.807, 2.05) is 0 Å². The van der Waals surface area contributed by atoms with Gasteiger partial charge in [0.05, 0.1) is 7.11 Å². The normalized spacial score (nSPS) is 21.0. The lowest BCUT2D eigenvalue weighted by Gasteiger charge is -2.39. The van der Waals surface area contributed by atoms with Crippen LogP contribution in [-0.2, 0) is 16.6 Å². The summed E-state index contributed by atoms with van der Waals surface area (Å²) in [7, 11) is 3.15. The predicted molar refractivity (Wildman–Crippen MR) is 118 cm³/mol. The number of nitrogens with zero attached hydrogens (tertiary/aromatic N) is 1. The summed E-state index contributed by atoms with van der Waals surface area (Å²) in [5.41, 5.74) is -2.39. The first-order chi connectivity index (χ1) is 15.4. The molecule has 3 aromatic carbocycles. The van der Waals surface area contributed by atoms with Gasteiger partial charge in [-0.05, 0) is 35.7 Å². The Bertz CT molecular complexity index is 1240. The number of anilines is 1. The second-order valence-corrected chi connectivity index (χ2v) is 8.23. The van der Waals surface area contributed by atoms with E-state index in [0.29, 0.717) is 22.6 Å². The zero-order valence-corrected chi connectivity index (χ0v) is 17.7. The molecule has 0 bridgehead atoms. The van der Waals surface area contributed by atoms with Crippen LogP contribution in [-0.4, -0.2) is 42.3 Å². The van der Waals surface area contributed by atoms with Crippen molar-refractivity contribution in [2.24, 2.45) is 0 Å². The number of aliphatic hydroxyl groups is 1. The molecule has 5 rings (SSSR count). The maximum Gasteiger partial charge on any atom is 0.241 e. The smallest absolute Gasteiger partial charge is 0.241 e. The van der Waals surface area contributed by atoms with E-state index in [0.717, 1.165) is 0 Å². The van der Waals surface area contributed by atoms with E-state index in [4.69, 9.17) is 4.74 Å². The number of hydrogen-bond donors (Lipinski definition) is 1. The summed E-state index contributed by atoms with van der Waals surface area (Å²) < 4.78 is 5.22. The summed E-state index contributed by atoms with van der Waals surface area (Å²) in [5.74, 6) is -1.35. The average molecular weight is 427 g/mol. The van der Waals surface area contributed by atoms with Crippen molar-refractivity contribution in [1.82, 2.24) is 0 Å². The van der Waals surface area contributed by atoms with Crippen LogP contribution in [0.3, 0.4) is 0 Å². The lowest BCUT2D eigenvalue weighted by Crippen LogP contribution is -2.64. The number of para-hydroxylation sites is 1. The summed E-state index contributed by atoms with van der Waals surface area (Å²) in [6, 6.07) is 20.3. The molecule has 3 aromatic rings. The van der Waals surface area contributed by atoms with Crippen molar-refractivity contribution < 1.29 is 24.2 Å². The summed E-state index contributed by atoms with van der Waals surface area (Å²) in [4.78, 5) is 42.5. The highest BCUT2D eigenvalue weighted by atomic mass is 16.5. The number of ether oxygens (including phenoxy) is 1. The number of carbonyl (C=O) groups is 3. The van der Waals surface area contributed by atoms with E-state index in [-0.39, 0.29) is 17.5 Å². The fourth-order valence-corrected chi connectivity index (χ4v) is 5.10. The number of rotatable bonds is 4. The zero-order valence-electron chi connectivity index (χ0n) is 17.7. The highest BCUT2D eigenvalue weighted by Crippen LogP contribution is 2.53. The molecule has 1 amide bonds. The minimum atomic E-state index is -2.56. The van der Waals surface area contributed by atoms with Crippen LogP contribution in [0.4, 0.5) is 5.69 Å². The minimum Gasteiger partial charge on any atom is -0.497 e. The Labute approximate surface area is 185 Å². The van der Waals surface area contributed by atoms with Crippen molar-refractivity contribution in [2.45, 2.75) is 17.4 Å². The van der Waals surface area contributed by atoms with E-state index >= 15 is 0 Å². The molecule has 0 fully saturated rings. The number of methoxy groups -OCH3 is 1. The number of carbonyl (C=O) groups excluding carboxylic acids is 3. The largest absolute Gasteiger partial charge is 0.497 e. The molecule has 6 nitrogen and oxygen atoms in total. The van der Waals surface area contributed by atoms with Gasteiger partial charge in [-0.1, -0.05) is 54.6 Å². The SMILES string of the molecule is COc1ccc(CC2(C3(O)C(=O)c4ccccc4C3=O)C(=O)N(C)c3ccccc32)cc1. The van der Waals surface area contributed by atoms with Gasteiger partial charge in [-0.3, -0.25) is 14.4 Å². The lowest BCUT2D eigenvalue weighted by atomic mass is 9.62. The van der Waals surface area contributed by atoms with E-state index in [1.165, 1.54) is 17.0 Å². The van der Waals surface area contributed by atoms with Crippen molar-refractivity contribution in [3.8, 4) is 5.75 Å². The minimum absolute atomic E-state index is 0.0286. The van der Waals surface area contributed by atoms with Gasteiger partial charge in [0.1, 0.15) is 11.2 Å². The van der Waals surface area contributed by atoms with Crippen LogP contribution in [0, 0.1) is 0 Å². The number of fused-ring (bicyclic) bond motifs is 2. The highest BCUT2D eigenvalue weighted by molar-refractivity contribution is 6.36. The van der Waals surface area contributed by atoms with Gasteiger partial charge in [0.15, 0.2) is 0 Å². The number of hydrogen-bond acceptors (Lipinski definition) is 5. The molecule has 0 radical (unpaired) electrons. The number of amides is 1. The van der Waals surface area contributed by atoms with Gasteiger partial charge in [0.2, 0.25) is 23.1 Å². The third kappa shape index (κ3) is 2.35. The van der Waals surface area contributed by atoms with Crippen molar-refractivity contribution >= 4 is 23.2 Å². The van der Waals surface area contributed by atoms with Crippen LogP contribution in [0.5, 0.6) is 5.75 Å². The molecular formula is C26H21NO5. The Morgan fingerprint density at radius 3 is 2.00 bits per heavy atom. The van der Waals surface area contributed by atoms with Gasteiger partial charge in [-0.2, -0.15) is 0 Å². The maximum absolute atomic E-state index is 13.9. The summed E-state index contributed by atoms with van der Waals surface area (Å²) >= 11 is 0. The Hall–Kier alpha value is -3.77. The first-order valence-corrected chi connectivity index (χ1v) is 10.3. The maximum atomic E-state index is 13.9. The number of Topliss-reactive ketones (excluding diaryl/α,β-unsaturated/α-hetero) is 2. The standard InChI is InChI=1S/C26H21NO5/c1-27-21-10-6-5-9-20(21)25(24(27)30,15-16-11-13-17(32-2)14-12-16)26(31)22(28)18-7-3-4-8-19(18)23(26)29/h3-14,31H,15H2,1-2H3. The molecule has 1 atom stereocenters. The molecule has 1 unspecified atom stereocenters. The van der Waals surface area contributed by atoms with Crippen molar-refractivity contribution in [1.29, 1.82) is 0 Å². The zero-order chi connectivity index (χ0) is 22.7. The van der Waals surface area contributed by atoms with Gasteiger partial charge < -0.3 is 14.7 Å². The van der Waals surface area contributed by atoms with E-state index < -0.39 is 28.5 Å². The fraction of sp³-hybridized carbons (Fsp3) is 0.192. The molecule has 1 heterocycles. The van der Waals surface area contributed by atoms with Crippen LogP contribution in [0.1, 0.15) is 31.8 Å². The molecule has 1 aliphatic heterocycles. The van der Waals surface area contributed by atoms with Gasteiger partial charge in [-0.25, -0.2) is 0 Å². The van der Waals surface area contributed by atoms with Crippen molar-refractivity contribution in [2.75, 3.05) is 19.1 Å². The lowest BCUT2D eigenvalue weighted by molar-refractivity contribution is -0.128. The second-order valence-electron chi connectivity index (χ2n) is 8.23. The topological polar surface area (TPSA) is 83.9 Å². The molecule has 0 spiro atoms. The van der Waals surface area contributed by atoms with Crippen molar-refractivity contribution in [3.05, 3.63) is 95.1 Å². The summed E-state index contributed by atoms with van der Waals surface area (Å²) in [5, 5.41) is 12.0. The number of benzene rings is 3. The monoisotopic (exact) mass is 427 g/mol. The van der Waals surface area contributed by atoms with Crippen LogP contribution >= 0.6 is 0 Å². The van der Waals surface area contributed by atoms with Gasteiger partial charge >= 0.3 is 0 Å². The van der Waals surface area contributed by atoms with Crippen LogP contribution in [0.25, 0.3) is 0 Å². The third-order valence-electron chi connectivity index (χ3n) is 6.71. The average Bonchev–Trinajstić information content (AvgIpc) is 3.17. The van der Waals surface area contributed by atoms with Gasteiger partial charge in [0, 0.05) is 23.9 Å². The third-order valence-corrected chi connectivity index (χ3v) is 6.71. The first kappa shape index (κ1) is 20.2. The van der Waals surface area contributed by atoms with Crippen LogP contribution in [0.2, 0.25) is 0 Å². The highest BCUT2D eigenvalue weighted by Gasteiger charge is 2.71. The molecule has 160 valence electrons. The molecule has 6 heteroatoms. The number of likely N-dealkylation sites (N-methyl/N-ethyl adjacent to an activating group) is 1. The molecule has 2 aliphatic rings. The van der Waals surface area contributed by atoms with Crippen molar-refractivity contribution in [3.63, 3.8) is 0 Å². The Kier molecular flexibility index (Phi) is 4.32. The van der Waals surface area contributed by atoms with E-state index in [2.05, 4.69) is 0 Å². The molecule has 32 heavy (non-hydrogen) atoms. The Morgan fingerprint density at radius 2 is 1.41 bits per heavy atom. The van der Waals surface area contributed by atoms with Gasteiger partial charge in [0.25, 0.3) is 0 Å². The van der Waals surface area contributed by atoms with Crippen LogP contribution in [0.15, 0.2) is 72.8 Å². The molecule has 0 saturated heterocycles. The molecule has 0 saturated carbocycles. The predicted octanol–water partition coefficient (Wildman–Crippen LogP) is 2.96. The molecule has 0 aromatic heterocycles. The van der Waals surface area contributed by atoms with E-state index in [1.54, 1.807) is 74.8 Å². The molecule has 1 N–H and O–H groups in total. The van der Waals surface area contributed by atoms with Gasteiger partial charge in [-0.15, -0.1) is 0 Å². The molecule has 1 aliphatic carbocycles. The Morgan fingerprint density at radius 1 is 0.844 bits per heavy atom. The van der Waals surface area contributed by atoms with Crippen LogP contribution < -0.4 is 9.64 Å². The van der Waals surface area contributed by atoms with E-state index in [9.17, 15) is 19.5 Å². The second kappa shape index (κ2) is 6.87. The molecular weight excluding hydrogens is 406 g/mol. The summed E-state index contributed by atoms with van der Waals surface area (Å²) in [6.45, 7) is 0. The summed E-state index contributed by atoms with van der Waals surface area (Å²) in [6.07, 6.45) is -0.0286. The number of ketones is 2. The fourth-order valence-electron chi connectivity index (χ4n) is 5.10. The first-order valence-electron chi connectivity index (χ1n) is 10.3. The quantitative estimate of drug-likeness (QED) is 0.648.